The van der Waals surface area contributed by atoms with E-state index in [1.807, 2.05) is 11.3 Å². The molecule has 0 bridgehead atoms. The van der Waals surface area contributed by atoms with Crippen LogP contribution in [0.1, 0.15) is 23.8 Å². The molecule has 0 spiro atoms. The summed E-state index contributed by atoms with van der Waals surface area (Å²) < 4.78 is 3.29. The Balaban J connectivity index is 1.97. The summed E-state index contributed by atoms with van der Waals surface area (Å²) in [4.78, 5) is 2.74. The molecule has 1 aliphatic carbocycles. The molecule has 1 unspecified atom stereocenters. The molecule has 3 rings (SSSR count). The van der Waals surface area contributed by atoms with Gasteiger partial charge in [0.2, 0.25) is 0 Å². The molecule has 0 aliphatic heterocycles. The van der Waals surface area contributed by atoms with E-state index in [-0.39, 0.29) is 0 Å². The molecule has 1 heterocycles. The molecule has 1 N–H and O–H groups in total. The van der Waals surface area contributed by atoms with E-state index in [9.17, 15) is 0 Å². The van der Waals surface area contributed by atoms with Gasteiger partial charge in [-0.25, -0.2) is 0 Å². The number of thiophene rings is 1. The maximum Gasteiger partial charge on any atom is 0.0441 e. The highest BCUT2D eigenvalue weighted by atomic mass is 79.9. The normalized spacial score (nSPS) is 16.4. The first-order valence-electron chi connectivity index (χ1n) is 6.52. The van der Waals surface area contributed by atoms with Gasteiger partial charge in [-0.15, -0.1) is 11.3 Å². The van der Waals surface area contributed by atoms with Gasteiger partial charge in [0, 0.05) is 34.8 Å². The Morgan fingerprint density at radius 1 is 1.15 bits per heavy atom. The smallest absolute Gasteiger partial charge is 0.0441 e. The number of hydrogen-bond acceptors (Lipinski definition) is 2. The number of rotatable bonds is 4. The molecule has 5 heteroatoms. The molecule has 2 aromatic rings. The van der Waals surface area contributed by atoms with Crippen LogP contribution in [0.5, 0.6) is 0 Å². The van der Waals surface area contributed by atoms with Crippen LogP contribution in [0.4, 0.5) is 0 Å². The molecule has 0 amide bonds. The summed E-state index contributed by atoms with van der Waals surface area (Å²) in [5.74, 6) is 0.822. The summed E-state index contributed by atoms with van der Waals surface area (Å²) in [5.41, 5.74) is 1.23. The zero-order valence-electron chi connectivity index (χ0n) is 10.9. The Bertz CT molecular complexity index is 611. The molecule has 0 radical (unpaired) electrons. The van der Waals surface area contributed by atoms with E-state index in [0.717, 1.165) is 19.3 Å². The molecular formula is C15H14Br3NS. The van der Waals surface area contributed by atoms with Crippen molar-refractivity contribution in [2.75, 3.05) is 7.05 Å². The average molecular weight is 480 g/mol. The van der Waals surface area contributed by atoms with Gasteiger partial charge in [0.1, 0.15) is 0 Å². The molecule has 1 aromatic carbocycles. The fourth-order valence-electron chi connectivity index (χ4n) is 2.47. The minimum absolute atomic E-state index is 0.516. The van der Waals surface area contributed by atoms with Crippen LogP contribution in [0.2, 0.25) is 0 Å². The fourth-order valence-corrected chi connectivity index (χ4v) is 6.71. The van der Waals surface area contributed by atoms with Crippen LogP contribution in [0.25, 0.3) is 10.4 Å². The van der Waals surface area contributed by atoms with Crippen molar-refractivity contribution in [3.8, 4) is 10.4 Å². The van der Waals surface area contributed by atoms with Crippen molar-refractivity contribution in [3.05, 3.63) is 42.6 Å². The predicted octanol–water partition coefficient (Wildman–Crippen LogP) is 6.37. The molecule has 1 saturated carbocycles. The first-order chi connectivity index (χ1) is 9.60. The Labute approximate surface area is 148 Å². The number of nitrogens with one attached hydrogen (secondary N) is 1. The summed E-state index contributed by atoms with van der Waals surface area (Å²) in [7, 11) is 2.06. The standard InChI is InChI=1S/C15H14Br3NS/c1-19-15(8-2-3-8)13-5-4-12(20-13)14-10(17)6-9(16)7-11(14)18/h4-8,15,19H,2-3H2,1H3. The first-order valence-corrected chi connectivity index (χ1v) is 9.71. The lowest BCUT2D eigenvalue weighted by Gasteiger charge is -2.13. The van der Waals surface area contributed by atoms with E-state index in [1.54, 1.807) is 0 Å². The van der Waals surface area contributed by atoms with E-state index in [4.69, 9.17) is 0 Å². The second-order valence-corrected chi connectivity index (χ2v) is 8.79. The van der Waals surface area contributed by atoms with Crippen LogP contribution in [-0.2, 0) is 0 Å². The molecule has 1 fully saturated rings. The summed E-state index contributed by atoms with van der Waals surface area (Å²) in [5, 5.41) is 3.46. The van der Waals surface area contributed by atoms with E-state index in [2.05, 4.69) is 84.4 Å². The summed E-state index contributed by atoms with van der Waals surface area (Å²) in [6, 6.07) is 9.19. The molecule has 1 nitrogen and oxygen atoms in total. The molecule has 20 heavy (non-hydrogen) atoms. The highest BCUT2D eigenvalue weighted by molar-refractivity contribution is 9.11. The molecular weight excluding hydrogens is 466 g/mol. The van der Waals surface area contributed by atoms with Crippen molar-refractivity contribution in [3.63, 3.8) is 0 Å². The van der Waals surface area contributed by atoms with E-state index < -0.39 is 0 Å². The molecule has 1 atom stereocenters. The Hall–Kier alpha value is 0.320. The van der Waals surface area contributed by atoms with Crippen molar-refractivity contribution < 1.29 is 0 Å². The third-order valence-corrected chi connectivity index (χ3v) is 6.49. The predicted molar refractivity (Wildman–Crippen MR) is 97.4 cm³/mol. The Morgan fingerprint density at radius 3 is 2.35 bits per heavy atom. The fraction of sp³-hybridized carbons (Fsp3) is 0.333. The number of hydrogen-bond donors (Lipinski definition) is 1. The van der Waals surface area contributed by atoms with Gasteiger partial charge in [-0.1, -0.05) is 47.8 Å². The van der Waals surface area contributed by atoms with Crippen molar-refractivity contribution >= 4 is 59.1 Å². The number of benzene rings is 1. The molecule has 1 aliphatic rings. The second kappa shape index (κ2) is 6.21. The van der Waals surface area contributed by atoms with E-state index in [1.165, 1.54) is 28.2 Å². The quantitative estimate of drug-likeness (QED) is 0.537. The van der Waals surface area contributed by atoms with Crippen LogP contribution in [0.15, 0.2) is 37.7 Å². The molecule has 1 aromatic heterocycles. The van der Waals surface area contributed by atoms with Crippen molar-refractivity contribution in [1.82, 2.24) is 5.32 Å². The lowest BCUT2D eigenvalue weighted by Crippen LogP contribution is -2.16. The summed E-state index contributed by atoms with van der Waals surface area (Å²) in [6.45, 7) is 0. The van der Waals surface area contributed by atoms with Gasteiger partial charge in [-0.05, 0) is 50.1 Å². The lowest BCUT2D eigenvalue weighted by molar-refractivity contribution is 0.537. The Kier molecular flexibility index (Phi) is 4.73. The zero-order chi connectivity index (χ0) is 14.3. The van der Waals surface area contributed by atoms with Gasteiger partial charge in [0.05, 0.1) is 0 Å². The maximum absolute atomic E-state index is 3.67. The maximum atomic E-state index is 3.67. The minimum atomic E-state index is 0.516. The van der Waals surface area contributed by atoms with Crippen molar-refractivity contribution in [2.45, 2.75) is 18.9 Å². The number of halogens is 3. The van der Waals surface area contributed by atoms with Crippen LogP contribution in [0, 0.1) is 5.92 Å². The van der Waals surface area contributed by atoms with Crippen molar-refractivity contribution in [1.29, 1.82) is 0 Å². The van der Waals surface area contributed by atoms with Crippen LogP contribution in [0.3, 0.4) is 0 Å². The van der Waals surface area contributed by atoms with Gasteiger partial charge in [0.25, 0.3) is 0 Å². The van der Waals surface area contributed by atoms with Gasteiger partial charge in [0.15, 0.2) is 0 Å². The summed E-state index contributed by atoms with van der Waals surface area (Å²) >= 11 is 12.7. The third-order valence-electron chi connectivity index (χ3n) is 3.59. The Morgan fingerprint density at radius 2 is 1.80 bits per heavy atom. The second-order valence-electron chi connectivity index (χ2n) is 5.05. The van der Waals surface area contributed by atoms with E-state index in [0.29, 0.717) is 6.04 Å². The monoisotopic (exact) mass is 477 g/mol. The first kappa shape index (κ1) is 15.2. The van der Waals surface area contributed by atoms with E-state index >= 15 is 0 Å². The summed E-state index contributed by atoms with van der Waals surface area (Å²) in [6.07, 6.45) is 2.70. The van der Waals surface area contributed by atoms with Crippen LogP contribution < -0.4 is 5.32 Å². The van der Waals surface area contributed by atoms with Crippen LogP contribution in [-0.4, -0.2) is 7.05 Å². The van der Waals surface area contributed by atoms with Gasteiger partial charge in [-0.3, -0.25) is 0 Å². The van der Waals surface area contributed by atoms with Gasteiger partial charge in [-0.2, -0.15) is 0 Å². The minimum Gasteiger partial charge on any atom is -0.312 e. The average Bonchev–Trinajstić information content (AvgIpc) is 3.09. The van der Waals surface area contributed by atoms with Gasteiger partial charge < -0.3 is 5.32 Å². The van der Waals surface area contributed by atoms with Crippen molar-refractivity contribution in [2.24, 2.45) is 5.92 Å². The zero-order valence-corrected chi connectivity index (χ0v) is 16.5. The molecule has 0 saturated heterocycles. The highest BCUT2D eigenvalue weighted by Crippen LogP contribution is 2.46. The van der Waals surface area contributed by atoms with Crippen LogP contribution >= 0.6 is 59.1 Å². The third kappa shape index (κ3) is 3.07. The topological polar surface area (TPSA) is 12.0 Å². The SMILES string of the molecule is CNC(c1ccc(-c2c(Br)cc(Br)cc2Br)s1)C1CC1. The van der Waals surface area contributed by atoms with Gasteiger partial charge >= 0.3 is 0 Å². The highest BCUT2D eigenvalue weighted by Gasteiger charge is 2.32. The largest absolute Gasteiger partial charge is 0.312 e. The molecule has 106 valence electrons. The lowest BCUT2D eigenvalue weighted by atomic mass is 10.1.